The third-order valence-corrected chi connectivity index (χ3v) is 5.08. The van der Waals surface area contributed by atoms with E-state index in [-0.39, 0.29) is 0 Å². The lowest BCUT2D eigenvalue weighted by atomic mass is 9.95. The number of thiazole rings is 1. The second-order valence-electron chi connectivity index (χ2n) is 4.35. The van der Waals surface area contributed by atoms with Crippen LogP contribution in [0, 0.1) is 0 Å². The minimum Gasteiger partial charge on any atom is -0.312 e. The van der Waals surface area contributed by atoms with Crippen molar-refractivity contribution in [2.75, 3.05) is 12.8 Å². The van der Waals surface area contributed by atoms with Gasteiger partial charge in [-0.1, -0.05) is 12.8 Å². The molecular weight excluding hydrogens is 236 g/mol. The van der Waals surface area contributed by atoms with E-state index in [9.17, 15) is 0 Å². The number of hydrogen-bond donors (Lipinski definition) is 1. The molecule has 1 aliphatic rings. The number of nitrogens with zero attached hydrogens (tertiary/aromatic N) is 1. The molecule has 0 saturated heterocycles. The molecule has 0 radical (unpaired) electrons. The molecule has 2 atom stereocenters. The Hall–Kier alpha value is -0.0600. The van der Waals surface area contributed by atoms with Crippen molar-refractivity contribution in [2.45, 2.75) is 43.4 Å². The topological polar surface area (TPSA) is 24.9 Å². The van der Waals surface area contributed by atoms with Crippen molar-refractivity contribution in [3.05, 3.63) is 16.6 Å². The molecule has 0 aliphatic heterocycles. The Kier molecular flexibility index (Phi) is 5.13. The lowest BCUT2D eigenvalue weighted by Gasteiger charge is -2.31. The van der Waals surface area contributed by atoms with Gasteiger partial charge in [-0.15, -0.1) is 11.3 Å². The number of rotatable bonds is 5. The summed E-state index contributed by atoms with van der Waals surface area (Å²) >= 11 is 3.71. The Balaban J connectivity index is 1.71. The molecule has 2 nitrogen and oxygen atoms in total. The molecule has 1 aliphatic carbocycles. The van der Waals surface area contributed by atoms with Crippen molar-refractivity contribution in [2.24, 2.45) is 0 Å². The van der Waals surface area contributed by atoms with Crippen molar-refractivity contribution in [3.8, 4) is 0 Å². The highest BCUT2D eigenvalue weighted by atomic mass is 32.2. The molecule has 4 heteroatoms. The van der Waals surface area contributed by atoms with Gasteiger partial charge in [-0.25, -0.2) is 4.98 Å². The van der Waals surface area contributed by atoms with Crippen LogP contribution in [0.4, 0.5) is 0 Å². The van der Waals surface area contributed by atoms with Gasteiger partial charge in [0, 0.05) is 29.6 Å². The predicted molar refractivity (Wildman–Crippen MR) is 73.4 cm³/mol. The maximum Gasteiger partial charge on any atom is 0.0794 e. The van der Waals surface area contributed by atoms with E-state index >= 15 is 0 Å². The van der Waals surface area contributed by atoms with Gasteiger partial charge in [0.25, 0.3) is 0 Å². The molecule has 1 heterocycles. The van der Waals surface area contributed by atoms with E-state index in [1.165, 1.54) is 31.4 Å². The monoisotopic (exact) mass is 256 g/mol. The Morgan fingerprint density at radius 3 is 3.12 bits per heavy atom. The van der Waals surface area contributed by atoms with Crippen LogP contribution in [0.2, 0.25) is 0 Å². The highest BCUT2D eigenvalue weighted by Gasteiger charge is 2.23. The maximum absolute atomic E-state index is 4.31. The molecule has 1 aromatic rings. The lowest BCUT2D eigenvalue weighted by molar-refractivity contribution is 0.386. The summed E-state index contributed by atoms with van der Waals surface area (Å²) in [4.78, 5) is 4.31. The van der Waals surface area contributed by atoms with E-state index in [2.05, 4.69) is 21.9 Å². The fraction of sp³-hybridized carbons (Fsp3) is 0.750. The fourth-order valence-corrected chi connectivity index (χ4v) is 3.92. The van der Waals surface area contributed by atoms with Gasteiger partial charge in [-0.2, -0.15) is 11.8 Å². The smallest absolute Gasteiger partial charge is 0.0794 e. The molecule has 0 amide bonds. The van der Waals surface area contributed by atoms with Crippen molar-refractivity contribution in [3.63, 3.8) is 0 Å². The first kappa shape index (κ1) is 12.4. The summed E-state index contributed by atoms with van der Waals surface area (Å²) in [5.74, 6) is 0. The van der Waals surface area contributed by atoms with Crippen LogP contribution in [-0.2, 0) is 6.42 Å². The average Bonchev–Trinajstić information content (AvgIpc) is 2.83. The largest absolute Gasteiger partial charge is 0.312 e. The van der Waals surface area contributed by atoms with Crippen LogP contribution in [0.5, 0.6) is 0 Å². The summed E-state index contributed by atoms with van der Waals surface area (Å²) in [5, 5.41) is 6.68. The van der Waals surface area contributed by atoms with Gasteiger partial charge < -0.3 is 5.32 Å². The third kappa shape index (κ3) is 3.47. The van der Waals surface area contributed by atoms with Crippen LogP contribution >= 0.6 is 23.1 Å². The second kappa shape index (κ2) is 6.62. The normalized spacial score (nSPS) is 25.8. The van der Waals surface area contributed by atoms with Gasteiger partial charge in [-0.3, -0.25) is 0 Å². The van der Waals surface area contributed by atoms with Crippen LogP contribution in [0.25, 0.3) is 0 Å². The maximum atomic E-state index is 4.31. The molecule has 0 aromatic carbocycles. The van der Waals surface area contributed by atoms with Gasteiger partial charge in [0.1, 0.15) is 0 Å². The third-order valence-electron chi connectivity index (χ3n) is 3.28. The van der Waals surface area contributed by atoms with Crippen molar-refractivity contribution < 1.29 is 0 Å². The summed E-state index contributed by atoms with van der Waals surface area (Å²) in [6.07, 6.45) is 8.85. The SMILES string of the molecule is CSC1CCCCC1NCCc1cscn1. The van der Waals surface area contributed by atoms with Crippen molar-refractivity contribution >= 4 is 23.1 Å². The van der Waals surface area contributed by atoms with Gasteiger partial charge in [0.15, 0.2) is 0 Å². The van der Waals surface area contributed by atoms with Crippen LogP contribution in [0.1, 0.15) is 31.4 Å². The van der Waals surface area contributed by atoms with E-state index in [1.807, 2.05) is 17.3 Å². The van der Waals surface area contributed by atoms with E-state index in [0.717, 1.165) is 24.3 Å². The van der Waals surface area contributed by atoms with Gasteiger partial charge in [0.05, 0.1) is 11.2 Å². The summed E-state index contributed by atoms with van der Waals surface area (Å²) in [7, 11) is 0. The molecule has 0 spiro atoms. The first-order chi connectivity index (χ1) is 7.90. The molecule has 1 fully saturated rings. The Morgan fingerprint density at radius 2 is 2.38 bits per heavy atom. The Labute approximate surface area is 106 Å². The zero-order valence-corrected chi connectivity index (χ0v) is 11.4. The summed E-state index contributed by atoms with van der Waals surface area (Å²) < 4.78 is 0. The van der Waals surface area contributed by atoms with Crippen LogP contribution in [-0.4, -0.2) is 29.1 Å². The summed E-state index contributed by atoms with van der Waals surface area (Å²) in [6, 6.07) is 0.724. The summed E-state index contributed by atoms with van der Waals surface area (Å²) in [5.41, 5.74) is 3.15. The number of aromatic nitrogens is 1. The quantitative estimate of drug-likeness (QED) is 0.877. The highest BCUT2D eigenvalue weighted by Crippen LogP contribution is 2.26. The second-order valence-corrected chi connectivity index (χ2v) is 6.14. The van der Waals surface area contributed by atoms with E-state index in [0.29, 0.717) is 0 Å². The molecule has 90 valence electrons. The zero-order valence-electron chi connectivity index (χ0n) is 9.82. The minimum atomic E-state index is 0.724. The molecule has 1 aromatic heterocycles. The predicted octanol–water partition coefficient (Wildman–Crippen LogP) is 2.95. The van der Waals surface area contributed by atoms with Crippen LogP contribution < -0.4 is 5.32 Å². The number of hydrogen-bond acceptors (Lipinski definition) is 4. The standard InChI is InChI=1S/C12H20N2S2/c1-15-12-5-3-2-4-11(12)13-7-6-10-8-16-9-14-10/h8-9,11-13H,2-7H2,1H3. The molecule has 0 bridgehead atoms. The first-order valence-electron chi connectivity index (χ1n) is 6.03. The van der Waals surface area contributed by atoms with Gasteiger partial charge in [0.2, 0.25) is 0 Å². The molecule has 2 unspecified atom stereocenters. The molecule has 1 N–H and O–H groups in total. The van der Waals surface area contributed by atoms with E-state index < -0.39 is 0 Å². The number of thioether (sulfide) groups is 1. The minimum absolute atomic E-state index is 0.724. The van der Waals surface area contributed by atoms with E-state index in [1.54, 1.807) is 11.3 Å². The van der Waals surface area contributed by atoms with Crippen LogP contribution in [0.3, 0.4) is 0 Å². The van der Waals surface area contributed by atoms with Gasteiger partial charge >= 0.3 is 0 Å². The molecule has 2 rings (SSSR count). The molecule has 1 saturated carbocycles. The Morgan fingerprint density at radius 1 is 1.50 bits per heavy atom. The van der Waals surface area contributed by atoms with Crippen molar-refractivity contribution in [1.82, 2.24) is 10.3 Å². The summed E-state index contributed by atoms with van der Waals surface area (Å²) in [6.45, 7) is 1.07. The highest BCUT2D eigenvalue weighted by molar-refractivity contribution is 7.99. The van der Waals surface area contributed by atoms with Crippen molar-refractivity contribution in [1.29, 1.82) is 0 Å². The average molecular weight is 256 g/mol. The Bertz CT molecular complexity index is 287. The van der Waals surface area contributed by atoms with E-state index in [4.69, 9.17) is 0 Å². The molecule has 16 heavy (non-hydrogen) atoms. The van der Waals surface area contributed by atoms with Crippen LogP contribution in [0.15, 0.2) is 10.9 Å². The first-order valence-corrected chi connectivity index (χ1v) is 8.26. The number of nitrogens with one attached hydrogen (secondary N) is 1. The zero-order chi connectivity index (χ0) is 11.2. The van der Waals surface area contributed by atoms with Gasteiger partial charge in [-0.05, 0) is 19.1 Å². The lowest BCUT2D eigenvalue weighted by Crippen LogP contribution is -2.41. The molecular formula is C12H20N2S2. The fourth-order valence-electron chi connectivity index (χ4n) is 2.36.